The van der Waals surface area contributed by atoms with Crippen molar-refractivity contribution in [3.63, 3.8) is 0 Å². The smallest absolute Gasteiger partial charge is 0.313 e. The second kappa shape index (κ2) is 7.70. The van der Waals surface area contributed by atoms with E-state index in [0.29, 0.717) is 13.0 Å². The molecule has 2 aliphatic heterocycles. The fraction of sp³-hybridized carbons (Fsp3) is 0.684. The lowest BCUT2D eigenvalue weighted by atomic mass is 9.86. The van der Waals surface area contributed by atoms with Crippen LogP contribution in [0.5, 0.6) is 0 Å². The number of carbonyl (C=O) groups excluding carboxylic acids is 2. The fourth-order valence-electron chi connectivity index (χ4n) is 3.72. The number of hydrogen-bond donors (Lipinski definition) is 1. The molecule has 0 aromatic rings. The summed E-state index contributed by atoms with van der Waals surface area (Å²) in [6.45, 7) is 12.2. The summed E-state index contributed by atoms with van der Waals surface area (Å²) in [5.41, 5.74) is -0.322. The van der Waals surface area contributed by atoms with E-state index in [1.165, 1.54) is 7.11 Å². The average Bonchev–Trinajstić information content (AvgIpc) is 3.13. The van der Waals surface area contributed by atoms with E-state index in [1.807, 2.05) is 44.7 Å². The summed E-state index contributed by atoms with van der Waals surface area (Å²) in [5, 5.41) is 3.04. The van der Waals surface area contributed by atoms with Gasteiger partial charge in [0.25, 0.3) is 0 Å². The van der Waals surface area contributed by atoms with Crippen LogP contribution in [0.3, 0.4) is 0 Å². The standard InChI is InChI=1S/C19H30N2O4/c1-7-11-21(12(8-2)17(22)20-19(3,4)5)16-14-10-9-13(25-14)15(16)18(23)24-6/h7,9-10,12-16H,1,8,11H2,2-6H3,(H,20,22)/t12-,13-,14+,15-,16-/m1/s1. The molecule has 0 spiro atoms. The molecule has 0 aliphatic carbocycles. The number of hydrogen-bond acceptors (Lipinski definition) is 5. The number of carbonyl (C=O) groups is 2. The lowest BCUT2D eigenvalue weighted by Crippen LogP contribution is -2.59. The number of methoxy groups -OCH3 is 1. The highest BCUT2D eigenvalue weighted by molar-refractivity contribution is 5.83. The average molecular weight is 350 g/mol. The molecule has 0 aromatic heterocycles. The van der Waals surface area contributed by atoms with Gasteiger partial charge in [0.1, 0.15) is 5.92 Å². The topological polar surface area (TPSA) is 67.9 Å². The highest BCUT2D eigenvalue weighted by Crippen LogP contribution is 2.39. The van der Waals surface area contributed by atoms with E-state index in [-0.39, 0.29) is 41.7 Å². The van der Waals surface area contributed by atoms with E-state index in [4.69, 9.17) is 9.47 Å². The van der Waals surface area contributed by atoms with Crippen LogP contribution in [-0.4, -0.2) is 60.3 Å². The summed E-state index contributed by atoms with van der Waals surface area (Å²) < 4.78 is 10.9. The first-order chi connectivity index (χ1) is 11.7. The van der Waals surface area contributed by atoms with Crippen molar-refractivity contribution in [2.45, 2.75) is 63.9 Å². The van der Waals surface area contributed by atoms with Gasteiger partial charge in [-0.3, -0.25) is 14.5 Å². The zero-order valence-corrected chi connectivity index (χ0v) is 15.8. The minimum Gasteiger partial charge on any atom is -0.469 e. The molecule has 0 unspecified atom stereocenters. The summed E-state index contributed by atoms with van der Waals surface area (Å²) >= 11 is 0. The van der Waals surface area contributed by atoms with Crippen molar-refractivity contribution in [1.29, 1.82) is 0 Å². The number of fused-ring (bicyclic) bond motifs is 2. The number of ether oxygens (including phenoxy) is 2. The van der Waals surface area contributed by atoms with Crippen LogP contribution < -0.4 is 5.32 Å². The van der Waals surface area contributed by atoms with Gasteiger partial charge in [-0.25, -0.2) is 0 Å². The molecule has 5 atom stereocenters. The lowest BCUT2D eigenvalue weighted by molar-refractivity contribution is -0.149. The number of nitrogens with zero attached hydrogens (tertiary/aromatic N) is 1. The van der Waals surface area contributed by atoms with Crippen LogP contribution in [0.4, 0.5) is 0 Å². The molecule has 2 bridgehead atoms. The minimum atomic E-state index is -0.434. The van der Waals surface area contributed by atoms with Gasteiger partial charge in [0.15, 0.2) is 0 Å². The SMILES string of the molecule is C=CCN([C@H]1[C@H](C(=O)OC)[C@H]2C=C[C@@H]1O2)[C@H](CC)C(=O)NC(C)(C)C. The Bertz CT molecular complexity index is 552. The molecule has 1 saturated heterocycles. The molecule has 6 nitrogen and oxygen atoms in total. The van der Waals surface area contributed by atoms with Crippen LogP contribution >= 0.6 is 0 Å². The Hall–Kier alpha value is -1.66. The summed E-state index contributed by atoms with van der Waals surface area (Å²) in [7, 11) is 1.39. The number of esters is 1. The third-order valence-corrected chi connectivity index (χ3v) is 4.65. The lowest BCUT2D eigenvalue weighted by Gasteiger charge is -2.39. The van der Waals surface area contributed by atoms with Gasteiger partial charge < -0.3 is 14.8 Å². The van der Waals surface area contributed by atoms with Gasteiger partial charge in [0.05, 0.1) is 31.4 Å². The Morgan fingerprint density at radius 3 is 2.52 bits per heavy atom. The molecule has 0 aromatic carbocycles. The molecule has 6 heteroatoms. The molecule has 140 valence electrons. The maximum absolute atomic E-state index is 12.9. The van der Waals surface area contributed by atoms with Gasteiger partial charge in [0.2, 0.25) is 5.91 Å². The first-order valence-corrected chi connectivity index (χ1v) is 8.83. The van der Waals surface area contributed by atoms with Gasteiger partial charge in [-0.15, -0.1) is 6.58 Å². The molecule has 1 N–H and O–H groups in total. The second-order valence-corrected chi connectivity index (χ2v) is 7.64. The largest absolute Gasteiger partial charge is 0.469 e. The van der Waals surface area contributed by atoms with E-state index in [1.54, 1.807) is 6.08 Å². The molecule has 0 radical (unpaired) electrons. The van der Waals surface area contributed by atoms with Crippen LogP contribution in [0.15, 0.2) is 24.8 Å². The summed E-state index contributed by atoms with van der Waals surface area (Å²) in [6.07, 6.45) is 5.76. The molecular formula is C19H30N2O4. The molecular weight excluding hydrogens is 320 g/mol. The molecule has 2 aliphatic rings. The van der Waals surface area contributed by atoms with E-state index in [2.05, 4.69) is 11.9 Å². The minimum absolute atomic E-state index is 0.0489. The molecule has 2 rings (SSSR count). The van der Waals surface area contributed by atoms with E-state index in [0.717, 1.165) is 0 Å². The number of rotatable bonds is 7. The predicted octanol–water partition coefficient (Wildman–Crippen LogP) is 1.66. The highest BCUT2D eigenvalue weighted by atomic mass is 16.5. The van der Waals surface area contributed by atoms with E-state index < -0.39 is 5.92 Å². The summed E-state index contributed by atoms with van der Waals surface area (Å²) in [5.74, 6) is -0.786. The van der Waals surface area contributed by atoms with E-state index in [9.17, 15) is 9.59 Å². The third-order valence-electron chi connectivity index (χ3n) is 4.65. The molecule has 0 saturated carbocycles. The van der Waals surface area contributed by atoms with Crippen molar-refractivity contribution in [3.8, 4) is 0 Å². The van der Waals surface area contributed by atoms with Gasteiger partial charge >= 0.3 is 5.97 Å². The van der Waals surface area contributed by atoms with Crippen molar-refractivity contribution in [2.75, 3.05) is 13.7 Å². The maximum Gasteiger partial charge on any atom is 0.313 e. The monoisotopic (exact) mass is 350 g/mol. The van der Waals surface area contributed by atoms with Crippen LogP contribution in [0.25, 0.3) is 0 Å². The van der Waals surface area contributed by atoms with E-state index >= 15 is 0 Å². The Balaban J connectivity index is 2.31. The number of amides is 1. The second-order valence-electron chi connectivity index (χ2n) is 7.64. The molecule has 1 fully saturated rings. The van der Waals surface area contributed by atoms with Crippen LogP contribution in [0.2, 0.25) is 0 Å². The Morgan fingerprint density at radius 1 is 1.36 bits per heavy atom. The van der Waals surface area contributed by atoms with Crippen LogP contribution in [0.1, 0.15) is 34.1 Å². The van der Waals surface area contributed by atoms with Gasteiger partial charge in [-0.2, -0.15) is 0 Å². The Labute approximate surface area is 150 Å². The van der Waals surface area contributed by atoms with Gasteiger partial charge in [-0.1, -0.05) is 25.2 Å². The predicted molar refractivity (Wildman–Crippen MR) is 96.0 cm³/mol. The van der Waals surface area contributed by atoms with Crippen molar-refractivity contribution in [1.82, 2.24) is 10.2 Å². The van der Waals surface area contributed by atoms with Gasteiger partial charge in [0, 0.05) is 12.1 Å². The normalized spacial score (nSPS) is 28.9. The summed E-state index contributed by atoms with van der Waals surface area (Å²) in [6, 6.07) is -0.609. The van der Waals surface area contributed by atoms with Crippen molar-refractivity contribution >= 4 is 11.9 Å². The van der Waals surface area contributed by atoms with Crippen LogP contribution in [0, 0.1) is 5.92 Å². The highest BCUT2D eigenvalue weighted by Gasteiger charge is 2.54. The van der Waals surface area contributed by atoms with Crippen molar-refractivity contribution < 1.29 is 19.1 Å². The number of nitrogens with one attached hydrogen (secondary N) is 1. The van der Waals surface area contributed by atoms with Crippen LogP contribution in [-0.2, 0) is 19.1 Å². The quantitative estimate of drug-likeness (QED) is 0.559. The Kier molecular flexibility index (Phi) is 6.06. The molecule has 25 heavy (non-hydrogen) atoms. The van der Waals surface area contributed by atoms with Crippen molar-refractivity contribution in [3.05, 3.63) is 24.8 Å². The molecule has 2 heterocycles. The zero-order chi connectivity index (χ0) is 18.8. The molecule has 1 amide bonds. The fourth-order valence-corrected chi connectivity index (χ4v) is 3.72. The maximum atomic E-state index is 12.9. The third kappa shape index (κ3) is 4.12. The van der Waals surface area contributed by atoms with Crippen molar-refractivity contribution in [2.24, 2.45) is 5.92 Å². The first kappa shape index (κ1) is 19.7. The Morgan fingerprint density at radius 2 is 2.00 bits per heavy atom. The summed E-state index contributed by atoms with van der Waals surface area (Å²) in [4.78, 5) is 27.2. The zero-order valence-electron chi connectivity index (χ0n) is 15.8. The van der Waals surface area contributed by atoms with Gasteiger partial charge in [-0.05, 0) is 27.2 Å². The first-order valence-electron chi connectivity index (χ1n) is 8.83.